The third kappa shape index (κ3) is 2.65. The van der Waals surface area contributed by atoms with Crippen molar-refractivity contribution in [2.75, 3.05) is 0 Å². The molecule has 0 saturated heterocycles. The van der Waals surface area contributed by atoms with E-state index in [1.54, 1.807) is 0 Å². The summed E-state index contributed by atoms with van der Waals surface area (Å²) in [5.41, 5.74) is 8.97. The fourth-order valence-corrected chi connectivity index (χ4v) is 2.49. The number of benzene rings is 1. The summed E-state index contributed by atoms with van der Waals surface area (Å²) in [6.45, 7) is 14.3. The first-order valence-corrected chi connectivity index (χ1v) is 6.69. The minimum Gasteiger partial charge on any atom is -0.0988 e. The van der Waals surface area contributed by atoms with Crippen molar-refractivity contribution in [1.29, 1.82) is 0 Å². The Kier molecular flexibility index (Phi) is 3.94. The number of hydrogen-bond donors (Lipinski definition) is 0. The standard InChI is InChI=1S/C18H20B/c1-6-14-7-8-15(9-14)17-10-16(12(2)3)11-18(19-5)13(17)4/h6-8,10-11H,1-2,9H2,3-5H3. The van der Waals surface area contributed by atoms with E-state index >= 15 is 0 Å². The molecule has 1 radical (unpaired) electrons. The molecule has 0 spiro atoms. The lowest BCUT2D eigenvalue weighted by Gasteiger charge is -2.15. The lowest BCUT2D eigenvalue weighted by Crippen LogP contribution is -2.17. The summed E-state index contributed by atoms with van der Waals surface area (Å²) < 4.78 is 0. The average molecular weight is 247 g/mol. The van der Waals surface area contributed by atoms with Crippen molar-refractivity contribution in [3.63, 3.8) is 0 Å². The van der Waals surface area contributed by atoms with Gasteiger partial charge in [0.2, 0.25) is 0 Å². The highest BCUT2D eigenvalue weighted by Gasteiger charge is 2.14. The molecule has 0 heterocycles. The number of rotatable bonds is 4. The molecule has 95 valence electrons. The molecular weight excluding hydrogens is 227 g/mol. The highest BCUT2D eigenvalue weighted by Crippen LogP contribution is 2.31. The van der Waals surface area contributed by atoms with Gasteiger partial charge in [-0.3, -0.25) is 0 Å². The Morgan fingerprint density at radius 2 is 2.05 bits per heavy atom. The van der Waals surface area contributed by atoms with Crippen LogP contribution >= 0.6 is 0 Å². The molecule has 0 atom stereocenters. The Bertz CT molecular complexity index is 600. The molecule has 0 aromatic heterocycles. The van der Waals surface area contributed by atoms with Crippen LogP contribution < -0.4 is 5.46 Å². The van der Waals surface area contributed by atoms with E-state index in [9.17, 15) is 0 Å². The zero-order valence-electron chi connectivity index (χ0n) is 12.1. The summed E-state index contributed by atoms with van der Waals surface area (Å²) in [6.07, 6.45) is 7.28. The first-order chi connectivity index (χ1) is 9.06. The summed E-state index contributed by atoms with van der Waals surface area (Å²) in [5, 5.41) is 0. The van der Waals surface area contributed by atoms with Crippen molar-refractivity contribution in [2.24, 2.45) is 0 Å². The normalized spacial score (nSPS) is 13.8. The molecule has 0 saturated carbocycles. The maximum atomic E-state index is 4.07. The fraction of sp³-hybridized carbons (Fsp3) is 0.222. The summed E-state index contributed by atoms with van der Waals surface area (Å²) in [5.74, 6) is 0. The van der Waals surface area contributed by atoms with Crippen molar-refractivity contribution < 1.29 is 0 Å². The highest BCUT2D eigenvalue weighted by molar-refractivity contribution is 6.52. The Morgan fingerprint density at radius 3 is 2.58 bits per heavy atom. The minimum atomic E-state index is 0.979. The molecule has 1 heteroatoms. The lowest BCUT2D eigenvalue weighted by atomic mass is 9.69. The van der Waals surface area contributed by atoms with Crippen molar-refractivity contribution in [2.45, 2.75) is 27.1 Å². The van der Waals surface area contributed by atoms with Crippen LogP contribution in [-0.4, -0.2) is 7.28 Å². The predicted molar refractivity (Wildman–Crippen MR) is 88.0 cm³/mol. The Labute approximate surface area is 117 Å². The molecule has 2 rings (SSSR count). The van der Waals surface area contributed by atoms with Crippen molar-refractivity contribution in [3.05, 3.63) is 65.8 Å². The number of hydrogen-bond acceptors (Lipinski definition) is 0. The Balaban J connectivity index is 2.49. The van der Waals surface area contributed by atoms with E-state index in [1.807, 2.05) is 6.08 Å². The molecule has 1 aliphatic carbocycles. The molecule has 1 aromatic rings. The average Bonchev–Trinajstić information content (AvgIpc) is 2.87. The van der Waals surface area contributed by atoms with Gasteiger partial charge in [-0.1, -0.05) is 55.3 Å². The van der Waals surface area contributed by atoms with Crippen molar-refractivity contribution in [3.8, 4) is 0 Å². The molecule has 1 aliphatic rings. The first-order valence-electron chi connectivity index (χ1n) is 6.69. The topological polar surface area (TPSA) is 0 Å². The Morgan fingerprint density at radius 1 is 1.32 bits per heavy atom. The summed E-state index contributed by atoms with van der Waals surface area (Å²) in [6, 6.07) is 4.48. The van der Waals surface area contributed by atoms with E-state index < -0.39 is 0 Å². The zero-order chi connectivity index (χ0) is 14.0. The van der Waals surface area contributed by atoms with Crippen molar-refractivity contribution in [1.82, 2.24) is 0 Å². The van der Waals surface area contributed by atoms with Crippen LogP contribution in [0.1, 0.15) is 30.0 Å². The second-order valence-electron chi connectivity index (χ2n) is 5.12. The van der Waals surface area contributed by atoms with Gasteiger partial charge in [-0.05, 0) is 54.2 Å². The smallest absolute Gasteiger partial charge is 0.0988 e. The van der Waals surface area contributed by atoms with Crippen LogP contribution in [0.15, 0.2) is 49.1 Å². The largest absolute Gasteiger partial charge is 0.148 e. The van der Waals surface area contributed by atoms with Crippen LogP contribution in [0.3, 0.4) is 0 Å². The van der Waals surface area contributed by atoms with Gasteiger partial charge >= 0.3 is 0 Å². The minimum absolute atomic E-state index is 0.979. The quantitative estimate of drug-likeness (QED) is 0.695. The van der Waals surface area contributed by atoms with E-state index in [-0.39, 0.29) is 0 Å². The van der Waals surface area contributed by atoms with Gasteiger partial charge in [0.1, 0.15) is 7.28 Å². The number of allylic oxidation sites excluding steroid dienone is 6. The van der Waals surface area contributed by atoms with E-state index in [4.69, 9.17) is 0 Å². The lowest BCUT2D eigenvalue weighted by molar-refractivity contribution is 1.31. The maximum Gasteiger partial charge on any atom is 0.148 e. The third-order valence-electron chi connectivity index (χ3n) is 3.75. The first kappa shape index (κ1) is 13.7. The molecule has 0 nitrogen and oxygen atoms in total. The van der Waals surface area contributed by atoms with Gasteiger partial charge in [-0.2, -0.15) is 0 Å². The van der Waals surface area contributed by atoms with Gasteiger partial charge in [-0.15, -0.1) is 0 Å². The fourth-order valence-electron chi connectivity index (χ4n) is 2.49. The van der Waals surface area contributed by atoms with Crippen LogP contribution in [0, 0.1) is 6.92 Å². The molecule has 0 fully saturated rings. The zero-order valence-corrected chi connectivity index (χ0v) is 12.1. The SMILES string of the molecule is C=CC1=CC=C(c2cc(C(=C)C)cc([B]C)c2C)C1. The van der Waals surface area contributed by atoms with Gasteiger partial charge in [0.05, 0.1) is 0 Å². The summed E-state index contributed by atoms with van der Waals surface area (Å²) in [4.78, 5) is 0. The highest BCUT2D eigenvalue weighted by atomic mass is 14.2. The van der Waals surface area contributed by atoms with Gasteiger partial charge in [-0.25, -0.2) is 0 Å². The molecule has 1 aromatic carbocycles. The molecule has 19 heavy (non-hydrogen) atoms. The van der Waals surface area contributed by atoms with Gasteiger partial charge < -0.3 is 0 Å². The van der Waals surface area contributed by atoms with Crippen molar-refractivity contribution >= 4 is 23.9 Å². The maximum absolute atomic E-state index is 4.07. The summed E-state index contributed by atoms with van der Waals surface area (Å²) >= 11 is 0. The van der Waals surface area contributed by atoms with E-state index in [1.165, 1.54) is 33.3 Å². The van der Waals surface area contributed by atoms with Gasteiger partial charge in [0.25, 0.3) is 0 Å². The molecule has 0 N–H and O–H groups in total. The van der Waals surface area contributed by atoms with E-state index in [2.05, 4.69) is 65.4 Å². The molecule has 0 bridgehead atoms. The summed E-state index contributed by atoms with van der Waals surface area (Å²) in [7, 11) is 2.17. The molecule has 0 unspecified atom stereocenters. The van der Waals surface area contributed by atoms with Crippen LogP contribution in [0.2, 0.25) is 6.82 Å². The van der Waals surface area contributed by atoms with Gasteiger partial charge in [0, 0.05) is 0 Å². The van der Waals surface area contributed by atoms with Crippen LogP contribution in [0.4, 0.5) is 0 Å². The third-order valence-corrected chi connectivity index (χ3v) is 3.75. The molecule has 0 amide bonds. The van der Waals surface area contributed by atoms with Crippen LogP contribution in [-0.2, 0) is 0 Å². The van der Waals surface area contributed by atoms with Gasteiger partial charge in [0.15, 0.2) is 0 Å². The predicted octanol–water partition coefficient (Wildman–Crippen LogP) is 4.31. The Hall–Kier alpha value is -1.76. The molecular formula is C18H20B. The van der Waals surface area contributed by atoms with E-state index in [0.717, 1.165) is 12.0 Å². The van der Waals surface area contributed by atoms with E-state index in [0.29, 0.717) is 0 Å². The monoisotopic (exact) mass is 247 g/mol. The van der Waals surface area contributed by atoms with Crippen LogP contribution in [0.5, 0.6) is 0 Å². The second kappa shape index (κ2) is 5.48. The second-order valence-corrected chi connectivity index (χ2v) is 5.12. The molecule has 0 aliphatic heterocycles. The van der Waals surface area contributed by atoms with Crippen LogP contribution in [0.25, 0.3) is 11.1 Å².